The molecule has 0 aliphatic carbocycles. The van der Waals surface area contributed by atoms with Crippen LogP contribution in [0.25, 0.3) is 33.4 Å². The molecule has 0 aliphatic heterocycles. The van der Waals surface area contributed by atoms with Crippen LogP contribution in [0.2, 0.25) is 0 Å². The molecular formula is C30H32N2O. The molecule has 0 aliphatic rings. The van der Waals surface area contributed by atoms with Crippen molar-refractivity contribution in [3.05, 3.63) is 91.0 Å². The van der Waals surface area contributed by atoms with Gasteiger partial charge in [-0.2, -0.15) is 0 Å². The van der Waals surface area contributed by atoms with Gasteiger partial charge < -0.3 is 16.2 Å². The Kier molecular flexibility index (Phi) is 7.31. The molecule has 0 spiro atoms. The summed E-state index contributed by atoms with van der Waals surface area (Å²) in [4.78, 5) is 0. The summed E-state index contributed by atoms with van der Waals surface area (Å²) in [5.74, 6) is 0.920. The van der Waals surface area contributed by atoms with Crippen LogP contribution in [-0.4, -0.2) is 6.61 Å². The average Bonchev–Trinajstić information content (AvgIpc) is 2.85. The van der Waals surface area contributed by atoms with E-state index in [4.69, 9.17) is 16.2 Å². The average molecular weight is 437 g/mol. The maximum Gasteiger partial charge on any atom is 0.119 e. The van der Waals surface area contributed by atoms with Gasteiger partial charge in [-0.05, 0) is 94.4 Å². The van der Waals surface area contributed by atoms with E-state index >= 15 is 0 Å². The van der Waals surface area contributed by atoms with E-state index in [2.05, 4.69) is 73.7 Å². The van der Waals surface area contributed by atoms with Crippen LogP contribution in [-0.2, 0) is 0 Å². The number of rotatable bonds is 9. The first-order valence-electron chi connectivity index (χ1n) is 11.7. The van der Waals surface area contributed by atoms with Crippen LogP contribution in [0.15, 0.2) is 91.0 Å². The first kappa shape index (κ1) is 22.5. The Morgan fingerprint density at radius 2 is 0.939 bits per heavy atom. The monoisotopic (exact) mass is 436 g/mol. The first-order valence-corrected chi connectivity index (χ1v) is 11.7. The summed E-state index contributed by atoms with van der Waals surface area (Å²) in [7, 11) is 0. The predicted octanol–water partition coefficient (Wildman–Crippen LogP) is 7.81. The Balaban J connectivity index is 1.64. The number of hydrogen-bond donors (Lipinski definition) is 2. The van der Waals surface area contributed by atoms with E-state index < -0.39 is 0 Å². The van der Waals surface area contributed by atoms with Gasteiger partial charge in [-0.3, -0.25) is 0 Å². The third-order valence-corrected chi connectivity index (χ3v) is 5.88. The van der Waals surface area contributed by atoms with Crippen molar-refractivity contribution >= 4 is 11.4 Å². The summed E-state index contributed by atoms with van der Waals surface area (Å²) in [6.45, 7) is 2.99. The smallest absolute Gasteiger partial charge is 0.119 e. The second-order valence-corrected chi connectivity index (χ2v) is 8.48. The Morgan fingerprint density at radius 3 is 1.36 bits per heavy atom. The van der Waals surface area contributed by atoms with Gasteiger partial charge in [0.25, 0.3) is 0 Å². The molecule has 4 rings (SSSR count). The topological polar surface area (TPSA) is 61.3 Å². The quantitative estimate of drug-likeness (QED) is 0.208. The van der Waals surface area contributed by atoms with Gasteiger partial charge in [0, 0.05) is 11.4 Å². The van der Waals surface area contributed by atoms with Gasteiger partial charge in [-0.25, -0.2) is 0 Å². The maximum atomic E-state index is 5.93. The van der Waals surface area contributed by atoms with E-state index in [1.165, 1.54) is 19.3 Å². The summed E-state index contributed by atoms with van der Waals surface area (Å²) < 4.78 is 5.93. The second-order valence-electron chi connectivity index (χ2n) is 8.48. The lowest BCUT2D eigenvalue weighted by molar-refractivity contribution is 0.305. The van der Waals surface area contributed by atoms with Crippen LogP contribution in [0.5, 0.6) is 5.75 Å². The molecule has 0 bridgehead atoms. The van der Waals surface area contributed by atoms with Crippen LogP contribution in [0, 0.1) is 0 Å². The van der Waals surface area contributed by atoms with E-state index in [9.17, 15) is 0 Å². The van der Waals surface area contributed by atoms with Crippen molar-refractivity contribution in [2.75, 3.05) is 18.1 Å². The van der Waals surface area contributed by atoms with Gasteiger partial charge in [-0.1, -0.05) is 62.6 Å². The van der Waals surface area contributed by atoms with E-state index in [0.29, 0.717) is 0 Å². The van der Waals surface area contributed by atoms with Crippen molar-refractivity contribution < 1.29 is 4.74 Å². The zero-order valence-electron chi connectivity index (χ0n) is 19.3. The number of ether oxygens (including phenoxy) is 1. The van der Waals surface area contributed by atoms with Gasteiger partial charge in [-0.15, -0.1) is 0 Å². The Bertz CT molecular complexity index is 1100. The molecule has 0 atom stereocenters. The fourth-order valence-corrected chi connectivity index (χ4v) is 3.94. The van der Waals surface area contributed by atoms with Gasteiger partial charge >= 0.3 is 0 Å². The minimum absolute atomic E-state index is 0.763. The number of anilines is 2. The summed E-state index contributed by atoms with van der Waals surface area (Å²) in [5.41, 5.74) is 20.2. The first-order chi connectivity index (χ1) is 16.1. The molecule has 0 unspecified atom stereocenters. The van der Waals surface area contributed by atoms with Crippen LogP contribution in [0.1, 0.15) is 32.6 Å². The zero-order chi connectivity index (χ0) is 23.0. The highest BCUT2D eigenvalue weighted by Gasteiger charge is 2.08. The molecule has 0 amide bonds. The van der Waals surface area contributed by atoms with Crippen LogP contribution in [0.3, 0.4) is 0 Å². The Hall–Kier alpha value is -3.72. The van der Waals surface area contributed by atoms with Crippen LogP contribution >= 0.6 is 0 Å². The van der Waals surface area contributed by atoms with Gasteiger partial charge in [0.05, 0.1) is 6.61 Å². The molecule has 0 fully saturated rings. The molecular weight excluding hydrogens is 404 g/mol. The predicted molar refractivity (Wildman–Crippen MR) is 141 cm³/mol. The Morgan fingerprint density at radius 1 is 0.515 bits per heavy atom. The lowest BCUT2D eigenvalue weighted by atomic mass is 9.93. The highest BCUT2D eigenvalue weighted by Crippen LogP contribution is 2.34. The summed E-state index contributed by atoms with van der Waals surface area (Å²) in [5, 5.41) is 0. The zero-order valence-corrected chi connectivity index (χ0v) is 19.3. The number of benzene rings is 4. The summed E-state index contributed by atoms with van der Waals surface area (Å²) >= 11 is 0. The fourth-order valence-electron chi connectivity index (χ4n) is 3.94. The van der Waals surface area contributed by atoms with E-state index in [-0.39, 0.29) is 0 Å². The number of nitrogens with two attached hydrogens (primary N) is 2. The number of unbranched alkanes of at least 4 members (excludes halogenated alkanes) is 3. The van der Waals surface area contributed by atoms with Crippen molar-refractivity contribution in [2.45, 2.75) is 32.6 Å². The van der Waals surface area contributed by atoms with Gasteiger partial charge in [0.2, 0.25) is 0 Å². The van der Waals surface area contributed by atoms with Crippen molar-refractivity contribution in [1.82, 2.24) is 0 Å². The minimum atomic E-state index is 0.763. The lowest BCUT2D eigenvalue weighted by Crippen LogP contribution is -1.97. The molecule has 0 saturated heterocycles. The molecule has 3 heteroatoms. The number of nitrogen functional groups attached to an aromatic ring is 2. The highest BCUT2D eigenvalue weighted by atomic mass is 16.5. The Labute approximate surface area is 197 Å². The van der Waals surface area contributed by atoms with Gasteiger partial charge in [0.1, 0.15) is 5.75 Å². The molecule has 33 heavy (non-hydrogen) atoms. The molecule has 168 valence electrons. The van der Waals surface area contributed by atoms with Crippen LogP contribution < -0.4 is 16.2 Å². The van der Waals surface area contributed by atoms with Crippen molar-refractivity contribution in [3.63, 3.8) is 0 Å². The molecule has 4 N–H and O–H groups in total. The number of hydrogen-bond acceptors (Lipinski definition) is 3. The maximum absolute atomic E-state index is 5.93. The lowest BCUT2D eigenvalue weighted by Gasteiger charge is -2.12. The molecule has 0 saturated carbocycles. The molecule has 0 heterocycles. The second kappa shape index (κ2) is 10.7. The third kappa shape index (κ3) is 5.95. The standard InChI is InChI=1S/C30H32N2O/c1-2-3-4-5-18-33-30-16-10-24(11-17-30)27-20-25(22-6-12-28(31)13-7-22)19-26(21-27)23-8-14-29(32)15-9-23/h6-17,19-21H,2-5,18,31-32H2,1H3. The van der Waals surface area contributed by atoms with E-state index in [0.717, 1.165) is 63.5 Å². The minimum Gasteiger partial charge on any atom is -0.494 e. The largest absolute Gasteiger partial charge is 0.494 e. The molecule has 4 aromatic carbocycles. The molecule has 0 aromatic heterocycles. The van der Waals surface area contributed by atoms with Crippen molar-refractivity contribution in [1.29, 1.82) is 0 Å². The van der Waals surface area contributed by atoms with E-state index in [1.54, 1.807) is 0 Å². The summed E-state index contributed by atoms with van der Waals surface area (Å²) in [6.07, 6.45) is 4.83. The molecule has 3 nitrogen and oxygen atoms in total. The third-order valence-electron chi connectivity index (χ3n) is 5.88. The summed E-state index contributed by atoms with van der Waals surface area (Å²) in [6, 6.07) is 31.1. The van der Waals surface area contributed by atoms with E-state index in [1.807, 2.05) is 24.3 Å². The molecule has 0 radical (unpaired) electrons. The normalized spacial score (nSPS) is 10.8. The van der Waals surface area contributed by atoms with Crippen LogP contribution in [0.4, 0.5) is 11.4 Å². The SMILES string of the molecule is CCCCCCOc1ccc(-c2cc(-c3ccc(N)cc3)cc(-c3ccc(N)cc3)c2)cc1. The van der Waals surface area contributed by atoms with Gasteiger partial charge in [0.15, 0.2) is 0 Å². The van der Waals surface area contributed by atoms with Crippen molar-refractivity contribution in [3.8, 4) is 39.1 Å². The highest BCUT2D eigenvalue weighted by molar-refractivity contribution is 5.81. The van der Waals surface area contributed by atoms with Crippen molar-refractivity contribution in [2.24, 2.45) is 0 Å². The fraction of sp³-hybridized carbons (Fsp3) is 0.200. The molecule has 4 aromatic rings.